The predicted octanol–water partition coefficient (Wildman–Crippen LogP) is 5.49. The van der Waals surface area contributed by atoms with E-state index in [1.165, 1.54) is 22.3 Å². The summed E-state index contributed by atoms with van der Waals surface area (Å²) in [6, 6.07) is 13.1. The van der Waals surface area contributed by atoms with Crippen molar-refractivity contribution in [2.24, 2.45) is 5.73 Å². The number of fused-ring (bicyclic) bond motifs is 1. The van der Waals surface area contributed by atoms with E-state index in [1.807, 2.05) is 39.5 Å². The lowest BCUT2D eigenvalue weighted by Crippen LogP contribution is -2.43. The van der Waals surface area contributed by atoms with Crippen LogP contribution in [-0.4, -0.2) is 34.9 Å². The summed E-state index contributed by atoms with van der Waals surface area (Å²) >= 11 is 0. The van der Waals surface area contributed by atoms with Gasteiger partial charge in [-0.2, -0.15) is 0 Å². The molecule has 3 N–H and O–H groups in total. The largest absolute Gasteiger partial charge is 0.354 e. The molecule has 2 aromatic carbocycles. The van der Waals surface area contributed by atoms with Crippen LogP contribution in [0.25, 0.3) is 22.2 Å². The molecule has 1 aromatic heterocycles. The number of hydrogen-bond acceptors (Lipinski definition) is 2. The summed E-state index contributed by atoms with van der Waals surface area (Å²) in [6.45, 7) is 15.9. The van der Waals surface area contributed by atoms with Gasteiger partial charge in [-0.1, -0.05) is 23.3 Å². The van der Waals surface area contributed by atoms with Gasteiger partial charge in [0.05, 0.1) is 5.41 Å². The molecule has 3 aromatic rings. The van der Waals surface area contributed by atoms with Crippen LogP contribution in [0.1, 0.15) is 56.9 Å². The van der Waals surface area contributed by atoms with Crippen molar-refractivity contribution in [1.82, 2.24) is 9.88 Å². The van der Waals surface area contributed by atoms with E-state index in [9.17, 15) is 4.79 Å². The zero-order valence-electron chi connectivity index (χ0n) is 20.1. The van der Waals surface area contributed by atoms with Gasteiger partial charge in [0, 0.05) is 35.7 Å². The van der Waals surface area contributed by atoms with Crippen LogP contribution < -0.4 is 5.73 Å². The molecule has 4 nitrogen and oxygen atoms in total. The number of aromatic amines is 1. The minimum atomic E-state index is -0.594. The summed E-state index contributed by atoms with van der Waals surface area (Å²) < 4.78 is 0. The second-order valence-corrected chi connectivity index (χ2v) is 9.40. The molecule has 0 bridgehead atoms. The van der Waals surface area contributed by atoms with E-state index < -0.39 is 5.41 Å². The average molecular weight is 420 g/mol. The highest BCUT2D eigenvalue weighted by Crippen LogP contribution is 2.35. The lowest BCUT2D eigenvalue weighted by Gasteiger charge is -2.31. The number of benzene rings is 2. The summed E-state index contributed by atoms with van der Waals surface area (Å²) in [6.07, 6.45) is 0.774. The Morgan fingerprint density at radius 2 is 1.68 bits per heavy atom. The standard InChI is InChI=1S/C27H37N3O/c1-8-30(9-2)26(31)27(6,7)21-10-11-24-22(16-21)23(15-19(5)28)25(29-24)20-13-17(3)12-18(4)14-20/h10-14,16,19,29H,8-9,15,28H2,1-7H3. The molecule has 166 valence electrons. The SMILES string of the molecule is CCN(CC)C(=O)C(C)(C)c1ccc2[nH]c(-c3cc(C)cc(C)c3)c(CC(C)N)c2c1. The Kier molecular flexibility index (Phi) is 6.61. The van der Waals surface area contributed by atoms with Crippen molar-refractivity contribution in [1.29, 1.82) is 0 Å². The molecule has 1 unspecified atom stereocenters. The van der Waals surface area contributed by atoms with Gasteiger partial charge in [-0.25, -0.2) is 0 Å². The molecule has 1 heterocycles. The zero-order chi connectivity index (χ0) is 22.9. The Bertz CT molecular complexity index is 1070. The number of aryl methyl sites for hydroxylation is 2. The van der Waals surface area contributed by atoms with Gasteiger partial charge < -0.3 is 15.6 Å². The molecule has 0 saturated carbocycles. The summed E-state index contributed by atoms with van der Waals surface area (Å²) in [5.74, 6) is 0.163. The van der Waals surface area contributed by atoms with Gasteiger partial charge in [0.15, 0.2) is 0 Å². The number of H-pyrrole nitrogens is 1. The van der Waals surface area contributed by atoms with E-state index in [4.69, 9.17) is 5.73 Å². The molecule has 3 rings (SSSR count). The Morgan fingerprint density at radius 3 is 2.23 bits per heavy atom. The number of amides is 1. The van der Waals surface area contributed by atoms with Gasteiger partial charge in [0.25, 0.3) is 0 Å². The fourth-order valence-corrected chi connectivity index (χ4v) is 4.57. The van der Waals surface area contributed by atoms with Gasteiger partial charge in [-0.15, -0.1) is 0 Å². The zero-order valence-corrected chi connectivity index (χ0v) is 20.1. The Balaban J connectivity index is 2.19. The van der Waals surface area contributed by atoms with Crippen molar-refractivity contribution in [3.63, 3.8) is 0 Å². The summed E-state index contributed by atoms with van der Waals surface area (Å²) in [5.41, 5.74) is 13.8. The second kappa shape index (κ2) is 8.88. The highest BCUT2D eigenvalue weighted by Gasteiger charge is 2.33. The predicted molar refractivity (Wildman–Crippen MR) is 132 cm³/mol. The van der Waals surface area contributed by atoms with Gasteiger partial charge in [-0.3, -0.25) is 4.79 Å². The molecule has 0 radical (unpaired) electrons. The van der Waals surface area contributed by atoms with E-state index in [1.54, 1.807) is 0 Å². The molecule has 0 aliphatic heterocycles. The molecule has 1 amide bonds. The van der Waals surface area contributed by atoms with Gasteiger partial charge in [0.2, 0.25) is 5.91 Å². The number of carbonyl (C=O) groups excluding carboxylic acids is 1. The fourth-order valence-electron chi connectivity index (χ4n) is 4.57. The summed E-state index contributed by atoms with van der Waals surface area (Å²) in [5, 5.41) is 1.16. The van der Waals surface area contributed by atoms with Crippen LogP contribution in [0.5, 0.6) is 0 Å². The van der Waals surface area contributed by atoms with E-state index in [2.05, 4.69) is 55.2 Å². The van der Waals surface area contributed by atoms with E-state index in [0.29, 0.717) is 0 Å². The van der Waals surface area contributed by atoms with Crippen molar-refractivity contribution < 1.29 is 4.79 Å². The first-order valence-corrected chi connectivity index (χ1v) is 11.4. The van der Waals surface area contributed by atoms with Crippen LogP contribution in [-0.2, 0) is 16.6 Å². The third-order valence-corrected chi connectivity index (χ3v) is 6.25. The van der Waals surface area contributed by atoms with Crippen molar-refractivity contribution in [3.05, 3.63) is 58.7 Å². The summed E-state index contributed by atoms with van der Waals surface area (Å²) in [4.78, 5) is 18.8. The fraction of sp³-hybridized carbons (Fsp3) is 0.444. The topological polar surface area (TPSA) is 62.1 Å². The molecule has 0 fully saturated rings. The maximum atomic E-state index is 13.2. The lowest BCUT2D eigenvalue weighted by atomic mass is 9.82. The van der Waals surface area contributed by atoms with Gasteiger partial charge in [-0.05, 0) is 95.8 Å². The third-order valence-electron chi connectivity index (χ3n) is 6.25. The number of rotatable bonds is 7. The van der Waals surface area contributed by atoms with E-state index >= 15 is 0 Å². The number of likely N-dealkylation sites (N-methyl/N-ethyl adjacent to an activating group) is 1. The molecule has 31 heavy (non-hydrogen) atoms. The maximum Gasteiger partial charge on any atom is 0.232 e. The minimum Gasteiger partial charge on any atom is -0.354 e. The van der Waals surface area contributed by atoms with Crippen molar-refractivity contribution >= 4 is 16.8 Å². The van der Waals surface area contributed by atoms with Crippen molar-refractivity contribution in [2.45, 2.75) is 66.3 Å². The number of nitrogens with two attached hydrogens (primary N) is 1. The average Bonchev–Trinajstić information content (AvgIpc) is 3.05. The van der Waals surface area contributed by atoms with Gasteiger partial charge in [0.1, 0.15) is 0 Å². The molecule has 0 spiro atoms. The van der Waals surface area contributed by atoms with E-state index in [-0.39, 0.29) is 11.9 Å². The molecule has 0 saturated heterocycles. The van der Waals surface area contributed by atoms with Crippen LogP contribution in [0.4, 0.5) is 0 Å². The van der Waals surface area contributed by atoms with E-state index in [0.717, 1.165) is 41.7 Å². The third kappa shape index (κ3) is 4.54. The normalized spacial score (nSPS) is 12.9. The molecule has 0 aliphatic rings. The highest BCUT2D eigenvalue weighted by molar-refractivity contribution is 5.94. The van der Waals surface area contributed by atoms with Gasteiger partial charge >= 0.3 is 0 Å². The maximum absolute atomic E-state index is 13.2. The number of nitrogens with zero attached hydrogens (tertiary/aromatic N) is 1. The first-order valence-electron chi connectivity index (χ1n) is 11.4. The van der Waals surface area contributed by atoms with Crippen LogP contribution >= 0.6 is 0 Å². The van der Waals surface area contributed by atoms with Crippen LogP contribution in [0.2, 0.25) is 0 Å². The first kappa shape index (κ1) is 23.1. The smallest absolute Gasteiger partial charge is 0.232 e. The Labute approximate surface area is 186 Å². The highest BCUT2D eigenvalue weighted by atomic mass is 16.2. The van der Waals surface area contributed by atoms with Crippen LogP contribution in [0.3, 0.4) is 0 Å². The minimum absolute atomic E-state index is 0.0395. The molecule has 0 aliphatic carbocycles. The monoisotopic (exact) mass is 419 g/mol. The summed E-state index contributed by atoms with van der Waals surface area (Å²) in [7, 11) is 0. The molecule has 1 atom stereocenters. The number of nitrogens with one attached hydrogen (secondary N) is 1. The molecule has 4 heteroatoms. The number of aromatic nitrogens is 1. The first-order chi connectivity index (χ1) is 14.6. The number of hydrogen-bond donors (Lipinski definition) is 2. The quantitative estimate of drug-likeness (QED) is 0.532. The number of carbonyl (C=O) groups is 1. The lowest BCUT2D eigenvalue weighted by molar-refractivity contribution is -0.135. The second-order valence-electron chi connectivity index (χ2n) is 9.40. The Hall–Kier alpha value is -2.59. The van der Waals surface area contributed by atoms with Crippen molar-refractivity contribution in [2.75, 3.05) is 13.1 Å². The van der Waals surface area contributed by atoms with Crippen molar-refractivity contribution in [3.8, 4) is 11.3 Å². The molecular weight excluding hydrogens is 382 g/mol. The van der Waals surface area contributed by atoms with Crippen LogP contribution in [0.15, 0.2) is 36.4 Å². The Morgan fingerprint density at radius 1 is 1.06 bits per heavy atom. The molecular formula is C27H37N3O. The van der Waals surface area contributed by atoms with Crippen LogP contribution in [0, 0.1) is 13.8 Å².